The molecule has 0 unspecified atom stereocenters. The molecule has 0 spiro atoms. The Hall–Kier alpha value is -1.32. The highest BCUT2D eigenvalue weighted by molar-refractivity contribution is 7.17. The summed E-state index contributed by atoms with van der Waals surface area (Å²) < 4.78 is 0. The zero-order valence-corrected chi connectivity index (χ0v) is 9.18. The molecule has 0 atom stereocenters. The third-order valence-electron chi connectivity index (χ3n) is 1.93. The predicted octanol–water partition coefficient (Wildman–Crippen LogP) is 3.77. The fourth-order valence-corrected chi connectivity index (χ4v) is 2.28. The van der Waals surface area contributed by atoms with Crippen molar-refractivity contribution in [3.05, 3.63) is 46.3 Å². The van der Waals surface area contributed by atoms with Gasteiger partial charge in [-0.2, -0.15) is 0 Å². The van der Waals surface area contributed by atoms with Crippen molar-refractivity contribution >= 4 is 28.9 Å². The van der Waals surface area contributed by atoms with E-state index in [9.17, 15) is 4.79 Å². The smallest absolute Gasteiger partial charge is 0.345 e. The highest BCUT2D eigenvalue weighted by Gasteiger charge is 2.08. The van der Waals surface area contributed by atoms with Crippen LogP contribution in [0, 0.1) is 0 Å². The molecule has 2 nitrogen and oxygen atoms in total. The number of rotatable bonds is 2. The van der Waals surface area contributed by atoms with Gasteiger partial charge in [0.05, 0.1) is 0 Å². The van der Waals surface area contributed by atoms with Crippen molar-refractivity contribution in [3.63, 3.8) is 0 Å². The molecule has 0 aliphatic carbocycles. The third-order valence-corrected chi connectivity index (χ3v) is 3.28. The number of hydrogen-bond donors (Lipinski definition) is 1. The molecule has 2 aromatic rings. The summed E-state index contributed by atoms with van der Waals surface area (Å²) in [5, 5.41) is 9.43. The van der Waals surface area contributed by atoms with Gasteiger partial charge in [0, 0.05) is 9.90 Å². The van der Waals surface area contributed by atoms with E-state index in [0.717, 1.165) is 10.4 Å². The number of benzene rings is 1. The molecule has 1 aromatic heterocycles. The van der Waals surface area contributed by atoms with E-state index in [1.807, 2.05) is 18.2 Å². The molecule has 0 aliphatic rings. The SMILES string of the molecule is O=C(O)c1ccc(-c2cccc(Cl)c2)s1. The molecule has 0 amide bonds. The van der Waals surface area contributed by atoms with Crippen molar-refractivity contribution in [2.45, 2.75) is 0 Å². The van der Waals surface area contributed by atoms with Gasteiger partial charge in [-0.25, -0.2) is 4.79 Å². The topological polar surface area (TPSA) is 37.3 Å². The van der Waals surface area contributed by atoms with Gasteiger partial charge in [0.1, 0.15) is 4.88 Å². The summed E-state index contributed by atoms with van der Waals surface area (Å²) in [5.41, 5.74) is 0.944. The Morgan fingerprint density at radius 1 is 1.27 bits per heavy atom. The van der Waals surface area contributed by atoms with Gasteiger partial charge < -0.3 is 5.11 Å². The van der Waals surface area contributed by atoms with Gasteiger partial charge in [0.2, 0.25) is 0 Å². The van der Waals surface area contributed by atoms with Crippen molar-refractivity contribution in [1.82, 2.24) is 0 Å². The maximum Gasteiger partial charge on any atom is 0.345 e. The maximum atomic E-state index is 10.7. The van der Waals surface area contributed by atoms with Crippen molar-refractivity contribution in [2.75, 3.05) is 0 Å². The molecule has 76 valence electrons. The molecule has 0 saturated carbocycles. The monoisotopic (exact) mass is 238 g/mol. The van der Waals surface area contributed by atoms with E-state index in [1.165, 1.54) is 11.3 Å². The predicted molar refractivity (Wildman–Crippen MR) is 61.7 cm³/mol. The standard InChI is InChI=1S/C11H7ClO2S/c12-8-3-1-2-7(6-8)9-4-5-10(15-9)11(13)14/h1-6H,(H,13,14). The summed E-state index contributed by atoms with van der Waals surface area (Å²) in [4.78, 5) is 11.9. The summed E-state index contributed by atoms with van der Waals surface area (Å²) in [6.07, 6.45) is 0. The van der Waals surface area contributed by atoms with E-state index < -0.39 is 5.97 Å². The molecule has 1 N–H and O–H groups in total. The lowest BCUT2D eigenvalue weighted by atomic mass is 10.2. The van der Waals surface area contributed by atoms with Crippen molar-refractivity contribution < 1.29 is 9.90 Å². The van der Waals surface area contributed by atoms with Crippen LogP contribution in [0.2, 0.25) is 5.02 Å². The Balaban J connectivity index is 2.41. The number of aromatic carboxylic acids is 1. The number of halogens is 1. The van der Waals surface area contributed by atoms with Gasteiger partial charge in [-0.1, -0.05) is 23.7 Å². The molecule has 1 aromatic carbocycles. The minimum absolute atomic E-state index is 0.338. The van der Waals surface area contributed by atoms with Gasteiger partial charge in [-0.05, 0) is 29.8 Å². The first kappa shape index (κ1) is 10.2. The Labute approximate surface area is 95.8 Å². The first-order valence-electron chi connectivity index (χ1n) is 4.26. The zero-order chi connectivity index (χ0) is 10.8. The summed E-state index contributed by atoms with van der Waals surface area (Å²) in [6, 6.07) is 10.7. The second-order valence-corrected chi connectivity index (χ2v) is 4.50. The highest BCUT2D eigenvalue weighted by atomic mass is 35.5. The molecular weight excluding hydrogens is 232 g/mol. The first-order valence-corrected chi connectivity index (χ1v) is 5.45. The number of thiophene rings is 1. The average Bonchev–Trinajstić information content (AvgIpc) is 2.66. The van der Waals surface area contributed by atoms with Crippen LogP contribution in [0.3, 0.4) is 0 Å². The van der Waals surface area contributed by atoms with Crippen molar-refractivity contribution in [2.24, 2.45) is 0 Å². The van der Waals surface area contributed by atoms with Crippen molar-refractivity contribution in [3.8, 4) is 10.4 Å². The van der Waals surface area contributed by atoms with Gasteiger partial charge in [0.15, 0.2) is 0 Å². The third kappa shape index (κ3) is 2.19. The Morgan fingerprint density at radius 3 is 2.67 bits per heavy atom. The molecule has 0 fully saturated rings. The number of carbonyl (C=O) groups is 1. The Bertz CT molecular complexity index is 505. The summed E-state index contributed by atoms with van der Waals surface area (Å²) in [5.74, 6) is -0.895. The lowest BCUT2D eigenvalue weighted by Gasteiger charge is -1.96. The van der Waals surface area contributed by atoms with E-state index in [4.69, 9.17) is 16.7 Å². The van der Waals surface area contributed by atoms with Crippen LogP contribution < -0.4 is 0 Å². The van der Waals surface area contributed by atoms with E-state index in [-0.39, 0.29) is 0 Å². The van der Waals surface area contributed by atoms with Gasteiger partial charge >= 0.3 is 5.97 Å². The van der Waals surface area contributed by atoms with E-state index >= 15 is 0 Å². The second-order valence-electron chi connectivity index (χ2n) is 2.98. The van der Waals surface area contributed by atoms with E-state index in [0.29, 0.717) is 9.90 Å². The number of hydrogen-bond acceptors (Lipinski definition) is 2. The molecule has 0 radical (unpaired) electrons. The molecule has 1 heterocycles. The lowest BCUT2D eigenvalue weighted by Crippen LogP contribution is -1.89. The molecular formula is C11H7ClO2S. The van der Waals surface area contributed by atoms with Crippen LogP contribution in [0.1, 0.15) is 9.67 Å². The molecule has 15 heavy (non-hydrogen) atoms. The molecule has 0 bridgehead atoms. The largest absolute Gasteiger partial charge is 0.477 e. The van der Waals surface area contributed by atoms with Crippen LogP contribution in [0.15, 0.2) is 36.4 Å². The van der Waals surface area contributed by atoms with Crippen LogP contribution in [0.4, 0.5) is 0 Å². The minimum atomic E-state index is -0.895. The Kier molecular flexibility index (Phi) is 2.75. The zero-order valence-electron chi connectivity index (χ0n) is 7.61. The van der Waals surface area contributed by atoms with E-state index in [2.05, 4.69) is 0 Å². The first-order chi connectivity index (χ1) is 7.16. The summed E-state index contributed by atoms with van der Waals surface area (Å²) in [7, 11) is 0. The summed E-state index contributed by atoms with van der Waals surface area (Å²) >= 11 is 7.10. The van der Waals surface area contributed by atoms with Gasteiger partial charge in [-0.15, -0.1) is 11.3 Å². The molecule has 0 aliphatic heterocycles. The van der Waals surface area contributed by atoms with Crippen LogP contribution in [0.25, 0.3) is 10.4 Å². The number of carboxylic acids is 1. The highest BCUT2D eigenvalue weighted by Crippen LogP contribution is 2.29. The second kappa shape index (κ2) is 4.04. The fraction of sp³-hybridized carbons (Fsp3) is 0. The maximum absolute atomic E-state index is 10.7. The normalized spacial score (nSPS) is 10.2. The quantitative estimate of drug-likeness (QED) is 0.865. The van der Waals surface area contributed by atoms with Crippen LogP contribution >= 0.6 is 22.9 Å². The average molecular weight is 239 g/mol. The van der Waals surface area contributed by atoms with Crippen LogP contribution in [0.5, 0.6) is 0 Å². The van der Waals surface area contributed by atoms with Crippen LogP contribution in [-0.2, 0) is 0 Å². The summed E-state index contributed by atoms with van der Waals surface area (Å²) in [6.45, 7) is 0. The van der Waals surface area contributed by atoms with E-state index in [1.54, 1.807) is 18.2 Å². The molecule has 2 rings (SSSR count). The van der Waals surface area contributed by atoms with Gasteiger partial charge in [-0.3, -0.25) is 0 Å². The lowest BCUT2D eigenvalue weighted by molar-refractivity contribution is 0.0702. The Morgan fingerprint density at radius 2 is 2.07 bits per heavy atom. The van der Waals surface area contributed by atoms with Crippen LogP contribution in [-0.4, -0.2) is 11.1 Å². The minimum Gasteiger partial charge on any atom is -0.477 e. The fourth-order valence-electron chi connectivity index (χ4n) is 1.25. The van der Waals surface area contributed by atoms with Crippen molar-refractivity contribution in [1.29, 1.82) is 0 Å². The molecule has 0 saturated heterocycles. The van der Waals surface area contributed by atoms with Gasteiger partial charge in [0.25, 0.3) is 0 Å². The number of carboxylic acid groups (broad SMARTS) is 1. The molecule has 4 heteroatoms.